The first-order valence-corrected chi connectivity index (χ1v) is 10.9. The molecule has 3 heteroatoms. The summed E-state index contributed by atoms with van der Waals surface area (Å²) in [6, 6.07) is 0. The van der Waals surface area contributed by atoms with Gasteiger partial charge in [0.1, 0.15) is 0 Å². The van der Waals surface area contributed by atoms with Gasteiger partial charge in [-0.2, -0.15) is 0 Å². The quantitative estimate of drug-likeness (QED) is 0.668. The predicted octanol–water partition coefficient (Wildman–Crippen LogP) is 4.66. The van der Waals surface area contributed by atoms with Crippen LogP contribution in [-0.2, 0) is 0 Å². The molecule has 0 N–H and O–H groups in total. The second kappa shape index (κ2) is 7.22. The van der Waals surface area contributed by atoms with E-state index in [2.05, 4.69) is 41.5 Å². The van der Waals surface area contributed by atoms with Crippen LogP contribution in [0.5, 0.6) is 0 Å². The maximum atomic E-state index is 2.37. The van der Waals surface area contributed by atoms with E-state index in [1.807, 2.05) is 11.3 Å². The third-order valence-corrected chi connectivity index (χ3v) is 10.3. The van der Waals surface area contributed by atoms with E-state index in [1.165, 1.54) is 24.6 Å². The van der Waals surface area contributed by atoms with Crippen LogP contribution in [0.4, 0.5) is 0 Å². The standard InChI is InChI=1S/C14H26P2S/c1-7-15(8-2)13-11(5)17-12(6)14(13)16(9-3)10-4/h7-10H2,1-6H3. The van der Waals surface area contributed by atoms with E-state index in [-0.39, 0.29) is 15.8 Å². The average Bonchev–Trinajstić information content (AvgIpc) is 2.60. The highest BCUT2D eigenvalue weighted by Gasteiger charge is 2.23. The fourth-order valence-electron chi connectivity index (χ4n) is 2.48. The summed E-state index contributed by atoms with van der Waals surface area (Å²) >= 11 is 2.05. The van der Waals surface area contributed by atoms with Gasteiger partial charge in [0.2, 0.25) is 0 Å². The van der Waals surface area contributed by atoms with Crippen molar-refractivity contribution in [2.24, 2.45) is 0 Å². The molecule has 0 bridgehead atoms. The van der Waals surface area contributed by atoms with Crippen LogP contribution in [0.15, 0.2) is 0 Å². The molecule has 0 amide bonds. The SMILES string of the molecule is CCP(CC)c1c(C)sc(C)c1P(CC)CC. The highest BCUT2D eigenvalue weighted by Crippen LogP contribution is 2.43. The molecule has 0 unspecified atom stereocenters. The van der Waals surface area contributed by atoms with Crippen LogP contribution in [-0.4, -0.2) is 24.6 Å². The molecule has 1 aromatic rings. The van der Waals surface area contributed by atoms with Crippen LogP contribution in [0.3, 0.4) is 0 Å². The normalized spacial score (nSPS) is 11.8. The Balaban J connectivity index is 3.27. The van der Waals surface area contributed by atoms with Gasteiger partial charge in [-0.15, -0.1) is 11.3 Å². The van der Waals surface area contributed by atoms with Crippen molar-refractivity contribution < 1.29 is 0 Å². The van der Waals surface area contributed by atoms with Crippen LogP contribution in [0.25, 0.3) is 0 Å². The van der Waals surface area contributed by atoms with Gasteiger partial charge in [-0.25, -0.2) is 0 Å². The lowest BCUT2D eigenvalue weighted by Gasteiger charge is -2.21. The molecule has 0 aromatic carbocycles. The van der Waals surface area contributed by atoms with Crippen molar-refractivity contribution in [3.63, 3.8) is 0 Å². The van der Waals surface area contributed by atoms with E-state index in [1.54, 1.807) is 20.4 Å². The molecule has 0 atom stereocenters. The molecule has 0 aliphatic rings. The van der Waals surface area contributed by atoms with Crippen LogP contribution in [0.1, 0.15) is 37.4 Å². The zero-order valence-corrected chi connectivity index (χ0v) is 14.7. The summed E-state index contributed by atoms with van der Waals surface area (Å²) in [5.41, 5.74) is 0. The van der Waals surface area contributed by atoms with Gasteiger partial charge in [0.25, 0.3) is 0 Å². The van der Waals surface area contributed by atoms with Gasteiger partial charge in [-0.05, 0) is 49.1 Å². The minimum atomic E-state index is 0.111. The second-order valence-corrected chi connectivity index (χ2v) is 11.3. The zero-order valence-electron chi connectivity index (χ0n) is 12.1. The lowest BCUT2D eigenvalue weighted by Crippen LogP contribution is -2.24. The lowest BCUT2D eigenvalue weighted by atomic mass is 10.4. The summed E-state index contributed by atoms with van der Waals surface area (Å²) in [5.74, 6) is 0. The molecule has 0 saturated carbocycles. The van der Waals surface area contributed by atoms with E-state index < -0.39 is 0 Å². The van der Waals surface area contributed by atoms with Crippen LogP contribution in [0.2, 0.25) is 0 Å². The third-order valence-electron chi connectivity index (χ3n) is 3.36. The van der Waals surface area contributed by atoms with E-state index in [0.717, 1.165) is 0 Å². The van der Waals surface area contributed by atoms with Gasteiger partial charge >= 0.3 is 0 Å². The summed E-state index contributed by atoms with van der Waals surface area (Å²) in [5, 5.41) is 3.59. The number of hydrogen-bond acceptors (Lipinski definition) is 1. The van der Waals surface area contributed by atoms with Crippen molar-refractivity contribution in [3.05, 3.63) is 9.75 Å². The first kappa shape index (κ1) is 15.6. The minimum Gasteiger partial charge on any atom is -0.145 e. The van der Waals surface area contributed by atoms with Crippen molar-refractivity contribution in [2.45, 2.75) is 41.5 Å². The Morgan fingerprint density at radius 2 is 1.00 bits per heavy atom. The summed E-state index contributed by atoms with van der Waals surface area (Å²) in [7, 11) is 0.221. The Morgan fingerprint density at radius 1 is 0.706 bits per heavy atom. The minimum absolute atomic E-state index is 0.111. The first-order chi connectivity index (χ1) is 8.10. The van der Waals surface area contributed by atoms with Gasteiger partial charge < -0.3 is 0 Å². The summed E-state index contributed by atoms with van der Waals surface area (Å²) in [6.45, 7) is 14.2. The van der Waals surface area contributed by atoms with E-state index in [4.69, 9.17) is 0 Å². The molecule has 0 nitrogen and oxygen atoms in total. The van der Waals surface area contributed by atoms with Gasteiger partial charge in [0.05, 0.1) is 0 Å². The highest BCUT2D eigenvalue weighted by atomic mass is 32.1. The molecule has 0 aliphatic carbocycles. The lowest BCUT2D eigenvalue weighted by molar-refractivity contribution is 1.41. The second-order valence-electron chi connectivity index (χ2n) is 4.26. The Kier molecular flexibility index (Phi) is 6.64. The van der Waals surface area contributed by atoms with Crippen LogP contribution in [0, 0.1) is 13.8 Å². The monoisotopic (exact) mass is 288 g/mol. The van der Waals surface area contributed by atoms with Gasteiger partial charge in [0, 0.05) is 9.75 Å². The smallest absolute Gasteiger partial charge is 0.0100 e. The molecule has 17 heavy (non-hydrogen) atoms. The predicted molar refractivity (Wildman–Crippen MR) is 89.1 cm³/mol. The van der Waals surface area contributed by atoms with Crippen LogP contribution >= 0.6 is 27.2 Å². The largest absolute Gasteiger partial charge is 0.145 e. The van der Waals surface area contributed by atoms with Gasteiger partial charge in [-0.3, -0.25) is 0 Å². The molecule has 1 rings (SSSR count). The molecule has 0 radical (unpaired) electrons. The number of aryl methyl sites for hydroxylation is 2. The highest BCUT2D eigenvalue weighted by molar-refractivity contribution is 7.73. The van der Waals surface area contributed by atoms with E-state index in [0.29, 0.717) is 0 Å². The molecule has 0 fully saturated rings. The van der Waals surface area contributed by atoms with Crippen molar-refractivity contribution in [2.75, 3.05) is 24.6 Å². The first-order valence-electron chi connectivity index (χ1n) is 6.70. The van der Waals surface area contributed by atoms with Crippen molar-refractivity contribution in [3.8, 4) is 0 Å². The Hall–Kier alpha value is 0.560. The molecule has 1 aromatic heterocycles. The fraction of sp³-hybridized carbons (Fsp3) is 0.714. The Bertz CT molecular complexity index is 317. The topological polar surface area (TPSA) is 0 Å². The summed E-state index contributed by atoms with van der Waals surface area (Å²) < 4.78 is 0. The van der Waals surface area contributed by atoms with Crippen LogP contribution < -0.4 is 10.6 Å². The molecular weight excluding hydrogens is 262 g/mol. The third kappa shape index (κ3) is 3.31. The molecule has 1 heterocycles. The zero-order chi connectivity index (χ0) is 13.0. The number of hydrogen-bond donors (Lipinski definition) is 0. The van der Waals surface area contributed by atoms with Crippen molar-refractivity contribution in [1.82, 2.24) is 0 Å². The molecule has 0 saturated heterocycles. The Morgan fingerprint density at radius 3 is 1.24 bits per heavy atom. The van der Waals surface area contributed by atoms with Gasteiger partial charge in [-0.1, -0.05) is 43.5 Å². The van der Waals surface area contributed by atoms with Gasteiger partial charge in [0.15, 0.2) is 0 Å². The van der Waals surface area contributed by atoms with Crippen molar-refractivity contribution >= 4 is 37.8 Å². The summed E-state index contributed by atoms with van der Waals surface area (Å²) in [6.07, 6.45) is 5.41. The Labute approximate surface area is 114 Å². The molecule has 98 valence electrons. The fourth-order valence-corrected chi connectivity index (χ4v) is 9.37. The number of rotatable bonds is 6. The van der Waals surface area contributed by atoms with E-state index in [9.17, 15) is 0 Å². The maximum absolute atomic E-state index is 2.37. The van der Waals surface area contributed by atoms with E-state index >= 15 is 0 Å². The summed E-state index contributed by atoms with van der Waals surface area (Å²) in [4.78, 5) is 3.23. The van der Waals surface area contributed by atoms with Crippen molar-refractivity contribution in [1.29, 1.82) is 0 Å². The molecule has 0 spiro atoms. The molecule has 0 aliphatic heterocycles. The molecular formula is C14H26P2S. The maximum Gasteiger partial charge on any atom is 0.0100 e. The average molecular weight is 288 g/mol. The number of thiophene rings is 1.